The molecular formula is C15H20ClN3. The van der Waals surface area contributed by atoms with E-state index >= 15 is 0 Å². The van der Waals surface area contributed by atoms with E-state index in [-0.39, 0.29) is 0 Å². The topological polar surface area (TPSA) is 30.7 Å². The highest BCUT2D eigenvalue weighted by Gasteiger charge is 2.28. The molecule has 0 spiro atoms. The van der Waals surface area contributed by atoms with Crippen molar-refractivity contribution < 1.29 is 0 Å². The summed E-state index contributed by atoms with van der Waals surface area (Å²) in [5.41, 5.74) is 3.19. The van der Waals surface area contributed by atoms with Crippen LogP contribution in [0.4, 0.5) is 0 Å². The smallest absolute Gasteiger partial charge is 0.160 e. The standard InChI is InChI=1S/C15H20ClN3/c1-3-12(8-11-4-5-11)19-13(9-16)18-14-10(2)6-7-17-15(14)19/h6-7,11-12H,3-5,8-9H2,1-2H3. The van der Waals surface area contributed by atoms with Gasteiger partial charge in [-0.05, 0) is 37.3 Å². The number of alkyl halides is 1. The van der Waals surface area contributed by atoms with Gasteiger partial charge in [-0.3, -0.25) is 0 Å². The van der Waals surface area contributed by atoms with Crippen LogP contribution in [0.1, 0.15) is 50.0 Å². The zero-order chi connectivity index (χ0) is 13.4. The molecule has 0 amide bonds. The summed E-state index contributed by atoms with van der Waals surface area (Å²) in [6.45, 7) is 4.33. The van der Waals surface area contributed by atoms with Crippen LogP contribution in [0.5, 0.6) is 0 Å². The lowest BCUT2D eigenvalue weighted by molar-refractivity contribution is 0.427. The Kier molecular flexibility index (Phi) is 3.48. The number of imidazole rings is 1. The summed E-state index contributed by atoms with van der Waals surface area (Å²) in [4.78, 5) is 9.24. The van der Waals surface area contributed by atoms with Crippen molar-refractivity contribution in [2.45, 2.75) is 51.5 Å². The molecule has 0 radical (unpaired) electrons. The minimum Gasteiger partial charge on any atom is -0.309 e. The van der Waals surface area contributed by atoms with Crippen LogP contribution < -0.4 is 0 Å². The fraction of sp³-hybridized carbons (Fsp3) is 0.600. The van der Waals surface area contributed by atoms with E-state index in [0.29, 0.717) is 11.9 Å². The van der Waals surface area contributed by atoms with Crippen molar-refractivity contribution >= 4 is 22.8 Å². The van der Waals surface area contributed by atoms with Gasteiger partial charge in [-0.15, -0.1) is 11.6 Å². The first kappa shape index (κ1) is 12.9. The van der Waals surface area contributed by atoms with Crippen LogP contribution in [0.3, 0.4) is 0 Å². The molecule has 4 heteroatoms. The zero-order valence-electron chi connectivity index (χ0n) is 11.6. The molecule has 102 valence electrons. The van der Waals surface area contributed by atoms with Crippen LogP contribution in [0, 0.1) is 12.8 Å². The number of hydrogen-bond donors (Lipinski definition) is 0. The van der Waals surface area contributed by atoms with Crippen LogP contribution in [-0.4, -0.2) is 14.5 Å². The fourth-order valence-electron chi connectivity index (χ4n) is 2.83. The lowest BCUT2D eigenvalue weighted by Crippen LogP contribution is -2.12. The maximum Gasteiger partial charge on any atom is 0.160 e. The normalized spacial score (nSPS) is 17.0. The van der Waals surface area contributed by atoms with Gasteiger partial charge in [-0.2, -0.15) is 0 Å². The highest BCUT2D eigenvalue weighted by molar-refractivity contribution is 6.16. The molecule has 0 aromatic carbocycles. The average Bonchev–Trinajstić information content (AvgIpc) is 3.15. The van der Waals surface area contributed by atoms with Gasteiger partial charge in [0.1, 0.15) is 11.3 Å². The molecule has 1 aliphatic rings. The molecule has 2 aromatic rings. The number of aromatic nitrogens is 3. The number of aryl methyl sites for hydroxylation is 1. The lowest BCUT2D eigenvalue weighted by atomic mass is 10.1. The molecule has 3 nitrogen and oxygen atoms in total. The lowest BCUT2D eigenvalue weighted by Gasteiger charge is -2.19. The van der Waals surface area contributed by atoms with Gasteiger partial charge in [-0.1, -0.05) is 19.8 Å². The number of fused-ring (bicyclic) bond motifs is 1. The molecule has 0 saturated heterocycles. The molecular weight excluding hydrogens is 258 g/mol. The monoisotopic (exact) mass is 277 g/mol. The van der Waals surface area contributed by atoms with Crippen molar-refractivity contribution in [1.29, 1.82) is 0 Å². The molecule has 0 N–H and O–H groups in total. The van der Waals surface area contributed by atoms with Crippen molar-refractivity contribution in [3.05, 3.63) is 23.7 Å². The van der Waals surface area contributed by atoms with E-state index in [1.54, 1.807) is 0 Å². The van der Waals surface area contributed by atoms with Gasteiger partial charge in [0.15, 0.2) is 5.65 Å². The number of halogens is 1. The van der Waals surface area contributed by atoms with Gasteiger partial charge < -0.3 is 4.57 Å². The summed E-state index contributed by atoms with van der Waals surface area (Å²) in [7, 11) is 0. The Hall–Kier alpha value is -1.09. The summed E-state index contributed by atoms with van der Waals surface area (Å²) < 4.78 is 2.29. The van der Waals surface area contributed by atoms with Crippen LogP contribution in [0.15, 0.2) is 12.3 Å². The first-order valence-electron chi connectivity index (χ1n) is 7.13. The molecule has 0 aliphatic heterocycles. The average molecular weight is 278 g/mol. The Bertz CT molecular complexity index is 586. The Morgan fingerprint density at radius 1 is 1.47 bits per heavy atom. The van der Waals surface area contributed by atoms with E-state index in [1.165, 1.54) is 24.8 Å². The SMILES string of the molecule is CCC(CC1CC1)n1c(CCl)nc2c(C)ccnc21. The molecule has 1 unspecified atom stereocenters. The van der Waals surface area contributed by atoms with Crippen LogP contribution in [0.2, 0.25) is 0 Å². The van der Waals surface area contributed by atoms with Crippen molar-refractivity contribution in [2.75, 3.05) is 0 Å². The second kappa shape index (κ2) is 5.12. The highest BCUT2D eigenvalue weighted by Crippen LogP contribution is 2.39. The largest absolute Gasteiger partial charge is 0.309 e. The van der Waals surface area contributed by atoms with Gasteiger partial charge >= 0.3 is 0 Å². The number of pyridine rings is 1. The van der Waals surface area contributed by atoms with Crippen LogP contribution in [-0.2, 0) is 5.88 Å². The number of nitrogens with zero attached hydrogens (tertiary/aromatic N) is 3. The third-order valence-corrected chi connectivity index (χ3v) is 4.35. The van der Waals surface area contributed by atoms with E-state index in [0.717, 1.165) is 29.3 Å². The van der Waals surface area contributed by atoms with E-state index in [9.17, 15) is 0 Å². The van der Waals surface area contributed by atoms with Crippen molar-refractivity contribution in [2.24, 2.45) is 5.92 Å². The number of hydrogen-bond acceptors (Lipinski definition) is 2. The molecule has 1 saturated carbocycles. The highest BCUT2D eigenvalue weighted by atomic mass is 35.5. The van der Waals surface area contributed by atoms with E-state index in [2.05, 4.69) is 23.4 Å². The molecule has 3 rings (SSSR count). The Morgan fingerprint density at radius 3 is 2.89 bits per heavy atom. The molecule has 0 bridgehead atoms. The molecule has 2 aromatic heterocycles. The van der Waals surface area contributed by atoms with Gasteiger partial charge in [0.05, 0.1) is 5.88 Å². The predicted molar refractivity (Wildman–Crippen MR) is 78.5 cm³/mol. The summed E-state index contributed by atoms with van der Waals surface area (Å²) in [6.07, 6.45) is 6.98. The van der Waals surface area contributed by atoms with Crippen molar-refractivity contribution in [1.82, 2.24) is 14.5 Å². The molecule has 19 heavy (non-hydrogen) atoms. The second-order valence-electron chi connectivity index (χ2n) is 5.57. The Labute approximate surface area is 119 Å². The minimum atomic E-state index is 0.455. The predicted octanol–water partition coefficient (Wildman–Crippen LogP) is 4.23. The van der Waals surface area contributed by atoms with Gasteiger partial charge in [-0.25, -0.2) is 9.97 Å². The van der Waals surface area contributed by atoms with E-state index < -0.39 is 0 Å². The minimum absolute atomic E-state index is 0.455. The van der Waals surface area contributed by atoms with Crippen LogP contribution >= 0.6 is 11.6 Å². The van der Waals surface area contributed by atoms with Crippen LogP contribution in [0.25, 0.3) is 11.2 Å². The quantitative estimate of drug-likeness (QED) is 0.766. The first-order chi connectivity index (χ1) is 9.24. The third kappa shape index (κ3) is 2.36. The third-order valence-electron chi connectivity index (χ3n) is 4.11. The first-order valence-corrected chi connectivity index (χ1v) is 7.66. The molecule has 1 fully saturated rings. The maximum absolute atomic E-state index is 6.10. The molecule has 1 atom stereocenters. The van der Waals surface area contributed by atoms with Gasteiger partial charge in [0.2, 0.25) is 0 Å². The van der Waals surface area contributed by atoms with Crippen molar-refractivity contribution in [3.8, 4) is 0 Å². The molecule has 1 aliphatic carbocycles. The van der Waals surface area contributed by atoms with Crippen molar-refractivity contribution in [3.63, 3.8) is 0 Å². The summed E-state index contributed by atoms with van der Waals surface area (Å²) in [5.74, 6) is 2.32. The van der Waals surface area contributed by atoms with Gasteiger partial charge in [0, 0.05) is 12.2 Å². The second-order valence-corrected chi connectivity index (χ2v) is 5.84. The fourth-order valence-corrected chi connectivity index (χ4v) is 3.02. The Balaban J connectivity index is 2.10. The van der Waals surface area contributed by atoms with E-state index in [4.69, 9.17) is 16.6 Å². The number of rotatable bonds is 5. The van der Waals surface area contributed by atoms with E-state index in [1.807, 2.05) is 12.3 Å². The summed E-state index contributed by atoms with van der Waals surface area (Å²) in [5, 5.41) is 0. The summed E-state index contributed by atoms with van der Waals surface area (Å²) >= 11 is 6.10. The maximum atomic E-state index is 6.10. The molecule has 2 heterocycles. The zero-order valence-corrected chi connectivity index (χ0v) is 12.3. The van der Waals surface area contributed by atoms with Gasteiger partial charge in [0.25, 0.3) is 0 Å². The Morgan fingerprint density at radius 2 is 2.26 bits per heavy atom. The summed E-state index contributed by atoms with van der Waals surface area (Å²) in [6, 6.07) is 2.50.